The van der Waals surface area contributed by atoms with Gasteiger partial charge in [-0.05, 0) is 105 Å². The van der Waals surface area contributed by atoms with E-state index in [4.69, 9.17) is 14.0 Å². The maximum atomic E-state index is 14.2. The van der Waals surface area contributed by atoms with Gasteiger partial charge in [0.25, 0.3) is 0 Å². The molecule has 3 unspecified atom stereocenters. The summed E-state index contributed by atoms with van der Waals surface area (Å²) in [4.78, 5) is 67.2. The molecule has 0 aromatic rings. The molecule has 0 aliphatic heterocycles. The predicted molar refractivity (Wildman–Crippen MR) is 182 cm³/mol. The van der Waals surface area contributed by atoms with Crippen LogP contribution in [-0.2, 0) is 43.6 Å². The first kappa shape index (κ1) is 38.9. The van der Waals surface area contributed by atoms with E-state index in [0.29, 0.717) is 57.8 Å². The monoisotopic (exact) mass is 770 g/mol. The second kappa shape index (κ2) is 13.1. The summed E-state index contributed by atoms with van der Waals surface area (Å²) in [7, 11) is -5.98. The number of ketones is 3. The molecule has 11 atom stereocenters. The predicted octanol–water partition coefficient (Wildman–Crippen LogP) is 6.62. The van der Waals surface area contributed by atoms with Crippen molar-refractivity contribution in [2.24, 2.45) is 63.6 Å². The maximum Gasteiger partial charge on any atom is 0.400 e. The van der Waals surface area contributed by atoms with E-state index in [2.05, 4.69) is 13.8 Å². The number of esters is 2. The highest BCUT2D eigenvalue weighted by atomic mass is 32.2. The molecule has 8 rings (SSSR count). The third kappa shape index (κ3) is 6.31. The van der Waals surface area contributed by atoms with Crippen LogP contribution in [0, 0.1) is 63.6 Å². The summed E-state index contributed by atoms with van der Waals surface area (Å²) >= 11 is 0. The average molecular weight is 771 g/mol. The summed E-state index contributed by atoms with van der Waals surface area (Å²) in [6, 6.07) is 0. The van der Waals surface area contributed by atoms with Gasteiger partial charge in [-0.25, -0.2) is 4.39 Å². The molecule has 53 heavy (non-hydrogen) atoms. The van der Waals surface area contributed by atoms with E-state index in [-0.39, 0.29) is 82.9 Å². The van der Waals surface area contributed by atoms with Crippen molar-refractivity contribution in [3.8, 4) is 0 Å². The Morgan fingerprint density at radius 2 is 1.66 bits per heavy atom. The van der Waals surface area contributed by atoms with Crippen LogP contribution in [0.4, 0.5) is 13.2 Å². The first-order valence-electron chi connectivity index (χ1n) is 19.6. The van der Waals surface area contributed by atoms with Crippen molar-refractivity contribution in [3.05, 3.63) is 0 Å². The molecule has 0 aromatic carbocycles. The Hall–Kier alpha value is -2.35. The van der Waals surface area contributed by atoms with Crippen LogP contribution in [0.2, 0.25) is 0 Å². The Labute approximate surface area is 309 Å². The van der Waals surface area contributed by atoms with Crippen LogP contribution in [0.5, 0.6) is 0 Å². The second-order valence-corrected chi connectivity index (χ2v) is 20.3. The number of ether oxygens (including phenoxy) is 2. The minimum atomic E-state index is -5.98. The van der Waals surface area contributed by atoms with Gasteiger partial charge < -0.3 is 9.47 Å². The van der Waals surface area contributed by atoms with Crippen molar-refractivity contribution < 1.29 is 59.6 Å². The maximum absolute atomic E-state index is 14.2. The summed E-state index contributed by atoms with van der Waals surface area (Å²) < 4.78 is 83.2. The van der Waals surface area contributed by atoms with Crippen molar-refractivity contribution in [2.75, 3.05) is 6.61 Å². The summed E-state index contributed by atoms with van der Waals surface area (Å²) in [6.07, 6.45) is 3.44. The molecule has 8 fully saturated rings. The molecule has 0 heterocycles. The third-order valence-electron chi connectivity index (χ3n) is 15.8. The molecule has 8 aliphatic rings. The van der Waals surface area contributed by atoms with Gasteiger partial charge in [-0.15, -0.1) is 0 Å². The summed E-state index contributed by atoms with van der Waals surface area (Å²) in [6.45, 7) is 5.51. The number of hydrogen-bond acceptors (Lipinski definition) is 9. The molecule has 1 N–H and O–H groups in total. The first-order chi connectivity index (χ1) is 24.6. The zero-order valence-electron chi connectivity index (χ0n) is 30.9. The third-order valence-corrected chi connectivity index (χ3v) is 16.7. The molecule has 14 heteroatoms. The van der Waals surface area contributed by atoms with Crippen LogP contribution in [0.3, 0.4) is 0 Å². The minimum Gasteiger partial charge on any atom is -0.465 e. The highest BCUT2D eigenvalue weighted by Gasteiger charge is 2.67. The highest BCUT2D eigenvalue weighted by Crippen LogP contribution is 2.67. The number of hydrogen-bond donors (Lipinski definition) is 1. The quantitative estimate of drug-likeness (QED) is 0.179. The van der Waals surface area contributed by atoms with E-state index >= 15 is 0 Å². The lowest BCUT2D eigenvalue weighted by Gasteiger charge is -2.59. The van der Waals surface area contributed by atoms with Crippen LogP contribution in [0.1, 0.15) is 124 Å². The van der Waals surface area contributed by atoms with E-state index in [1.165, 1.54) is 0 Å². The standard InChI is InChI=1S/C39H53F3O10S/c1-21(26-5-6-27-33-28(15-31(45)36(26,27)3)35(2)10-8-25(43)13-24(35)14-29(33)44)4-7-32(46)52-38-18-22-12-23(19-38)17-37(16-22,20-38)34(47)51-11-9-30(40)39(41,42)53(48,49)50/h21-24,26-28,30,33H,4-20H2,1-3H3,(H,48,49,50)/t21-,22?,23?,24+,26-,27+,28+,30?,33+,35+,36-,37?,38?/m1/s1. The molecular formula is C39H53F3O10S. The van der Waals surface area contributed by atoms with Crippen LogP contribution < -0.4 is 0 Å². The smallest absolute Gasteiger partial charge is 0.400 e. The average Bonchev–Trinajstić information content (AvgIpc) is 3.41. The lowest BCUT2D eigenvalue weighted by molar-refractivity contribution is -0.213. The van der Waals surface area contributed by atoms with E-state index < -0.39 is 62.9 Å². The summed E-state index contributed by atoms with van der Waals surface area (Å²) in [5, 5.41) is -5.03. The van der Waals surface area contributed by atoms with Gasteiger partial charge in [0, 0.05) is 56.3 Å². The largest absolute Gasteiger partial charge is 0.465 e. The SMILES string of the molecule is C[C@H](CCC(=O)OC12CC3CC(C1)CC(C(=O)OCCC(F)C(F)(F)S(=O)(=O)O)(C3)C2)[C@H]1CC[C@H]2[C@@H]3C(=O)C[C@@H]4CC(=O)CC[C@]4(C)[C@H]3CC(=O)[C@]12C. The van der Waals surface area contributed by atoms with E-state index in [0.717, 1.165) is 25.7 Å². The molecule has 8 aliphatic carbocycles. The lowest BCUT2D eigenvalue weighted by atomic mass is 9.44. The number of fused-ring (bicyclic) bond motifs is 5. The Bertz CT molecular complexity index is 1670. The number of carbonyl (C=O) groups is 5. The molecule has 0 radical (unpaired) electrons. The van der Waals surface area contributed by atoms with Crippen LogP contribution >= 0.6 is 0 Å². The van der Waals surface area contributed by atoms with Gasteiger partial charge in [0.1, 0.15) is 23.0 Å². The Morgan fingerprint density at radius 1 is 0.981 bits per heavy atom. The van der Waals surface area contributed by atoms with Gasteiger partial charge in [-0.1, -0.05) is 20.8 Å². The fourth-order valence-electron chi connectivity index (χ4n) is 13.5. The highest BCUT2D eigenvalue weighted by molar-refractivity contribution is 7.86. The van der Waals surface area contributed by atoms with Crippen molar-refractivity contribution >= 4 is 39.4 Å². The van der Waals surface area contributed by atoms with E-state index in [1.54, 1.807) is 0 Å². The topological polar surface area (TPSA) is 158 Å². The van der Waals surface area contributed by atoms with Crippen molar-refractivity contribution in [2.45, 2.75) is 141 Å². The Morgan fingerprint density at radius 3 is 2.32 bits per heavy atom. The summed E-state index contributed by atoms with van der Waals surface area (Å²) in [5.74, 6) is -0.541. The number of Topliss-reactive ketones (excluding diaryl/α,β-unsaturated/α-hetero) is 3. The number of carbonyl (C=O) groups excluding carboxylic acids is 5. The zero-order chi connectivity index (χ0) is 38.5. The number of rotatable bonds is 11. The van der Waals surface area contributed by atoms with Gasteiger partial charge >= 0.3 is 27.3 Å². The molecule has 0 saturated heterocycles. The van der Waals surface area contributed by atoms with E-state index in [1.807, 2.05) is 6.92 Å². The molecular weight excluding hydrogens is 717 g/mol. The van der Waals surface area contributed by atoms with Gasteiger partial charge in [0.05, 0.1) is 12.0 Å². The first-order valence-corrected chi connectivity index (χ1v) is 21.0. The second-order valence-electron chi connectivity index (χ2n) is 18.8. The summed E-state index contributed by atoms with van der Waals surface area (Å²) in [5.41, 5.74) is -2.76. The number of halogens is 3. The van der Waals surface area contributed by atoms with Gasteiger partial charge in [0.2, 0.25) is 0 Å². The van der Waals surface area contributed by atoms with Gasteiger partial charge in [-0.3, -0.25) is 28.5 Å². The fourth-order valence-corrected chi connectivity index (χ4v) is 13.9. The lowest BCUT2D eigenvalue weighted by Crippen LogP contribution is -2.60. The molecule has 4 bridgehead atoms. The van der Waals surface area contributed by atoms with Crippen molar-refractivity contribution in [1.82, 2.24) is 0 Å². The zero-order valence-corrected chi connectivity index (χ0v) is 31.7. The fraction of sp³-hybridized carbons (Fsp3) is 0.872. The van der Waals surface area contributed by atoms with Crippen molar-refractivity contribution in [1.29, 1.82) is 0 Å². The van der Waals surface area contributed by atoms with Crippen LogP contribution in [0.15, 0.2) is 0 Å². The van der Waals surface area contributed by atoms with E-state index in [9.17, 15) is 45.6 Å². The molecule has 8 saturated carbocycles. The van der Waals surface area contributed by atoms with Crippen molar-refractivity contribution in [3.63, 3.8) is 0 Å². The molecule has 0 aromatic heterocycles. The molecule has 0 amide bonds. The Balaban J connectivity index is 0.965. The van der Waals surface area contributed by atoms with Crippen LogP contribution in [0.25, 0.3) is 0 Å². The minimum absolute atomic E-state index is 0.0109. The molecule has 0 spiro atoms. The van der Waals surface area contributed by atoms with Gasteiger partial charge in [-0.2, -0.15) is 17.2 Å². The number of alkyl halides is 3. The van der Waals surface area contributed by atoms with Gasteiger partial charge in [0.15, 0.2) is 6.17 Å². The van der Waals surface area contributed by atoms with Crippen LogP contribution in [-0.4, -0.2) is 65.9 Å². The Kier molecular flexibility index (Phi) is 9.63. The molecule has 296 valence electrons. The normalized spacial score (nSPS) is 43.1. The molecule has 10 nitrogen and oxygen atoms in total.